The second-order valence-corrected chi connectivity index (χ2v) is 4.95. The standard InChI is InChI=1S/C15H15N2O3/c1-11-7-8-16(20-11)17-14(18)10-13(15(17)19)9-12-5-3-2-4-6-12/h2-8,13H,9-10H2,1H3/q+1. The Morgan fingerprint density at radius 1 is 1.25 bits per heavy atom. The van der Waals surface area contributed by atoms with Crippen LogP contribution >= 0.6 is 0 Å². The number of amides is 2. The van der Waals surface area contributed by atoms with Crippen LogP contribution in [0, 0.1) is 12.8 Å². The average Bonchev–Trinajstić information content (AvgIpc) is 2.96. The Kier molecular flexibility index (Phi) is 3.10. The predicted octanol–water partition coefficient (Wildman–Crippen LogP) is 1.13. The number of aromatic nitrogens is 1. The molecular formula is C15H15N2O3+. The molecule has 5 nitrogen and oxygen atoms in total. The van der Waals surface area contributed by atoms with Gasteiger partial charge in [-0.05, 0) is 17.0 Å². The quantitative estimate of drug-likeness (QED) is 0.621. The van der Waals surface area contributed by atoms with Gasteiger partial charge >= 0.3 is 0 Å². The highest BCUT2D eigenvalue weighted by Crippen LogP contribution is 2.21. The van der Waals surface area contributed by atoms with Gasteiger partial charge in [-0.25, -0.2) is 4.52 Å². The van der Waals surface area contributed by atoms with Crippen molar-refractivity contribution in [2.45, 2.75) is 19.8 Å². The molecular weight excluding hydrogens is 256 g/mol. The highest BCUT2D eigenvalue weighted by molar-refractivity contribution is 6.13. The van der Waals surface area contributed by atoms with E-state index in [4.69, 9.17) is 4.52 Å². The third kappa shape index (κ3) is 2.22. The van der Waals surface area contributed by atoms with Gasteiger partial charge in [0.2, 0.25) is 0 Å². The summed E-state index contributed by atoms with van der Waals surface area (Å²) in [7, 11) is 0. The molecule has 1 aromatic heterocycles. The summed E-state index contributed by atoms with van der Waals surface area (Å²) in [6, 6.07) is 11.4. The van der Waals surface area contributed by atoms with Crippen LogP contribution in [0.25, 0.3) is 0 Å². The third-order valence-electron chi connectivity index (χ3n) is 3.41. The molecule has 1 saturated heterocycles. The highest BCUT2D eigenvalue weighted by Gasteiger charge is 2.46. The van der Waals surface area contributed by atoms with Crippen molar-refractivity contribution in [2.75, 3.05) is 5.01 Å². The SMILES string of the molecule is Cc1cc[n+](N2C(=O)CC(Cc3ccccc3)C2=O)o1. The van der Waals surface area contributed by atoms with Crippen molar-refractivity contribution in [1.29, 1.82) is 0 Å². The van der Waals surface area contributed by atoms with Gasteiger partial charge in [0, 0.05) is 13.3 Å². The minimum Gasteiger partial charge on any atom is -0.268 e. The number of hydrogen-bond acceptors (Lipinski definition) is 3. The molecule has 1 aliphatic heterocycles. The first-order valence-electron chi connectivity index (χ1n) is 6.55. The maximum Gasteiger partial charge on any atom is 0.295 e. The van der Waals surface area contributed by atoms with Gasteiger partial charge in [0.1, 0.15) is 4.85 Å². The number of hydrogen-bond donors (Lipinski definition) is 0. The zero-order valence-electron chi connectivity index (χ0n) is 11.2. The number of carbonyl (C=O) groups is 2. The lowest BCUT2D eigenvalue weighted by atomic mass is 9.98. The van der Waals surface area contributed by atoms with Gasteiger partial charge in [-0.1, -0.05) is 30.3 Å². The third-order valence-corrected chi connectivity index (χ3v) is 3.41. The Bertz CT molecular complexity index is 648. The second kappa shape index (κ2) is 4.92. The molecule has 5 heteroatoms. The molecule has 1 unspecified atom stereocenters. The van der Waals surface area contributed by atoms with Gasteiger partial charge < -0.3 is 0 Å². The molecule has 0 radical (unpaired) electrons. The largest absolute Gasteiger partial charge is 0.295 e. The van der Waals surface area contributed by atoms with Crippen LogP contribution in [-0.4, -0.2) is 11.8 Å². The Hall–Kier alpha value is -2.43. The molecule has 2 amide bonds. The van der Waals surface area contributed by atoms with Gasteiger partial charge in [0.05, 0.1) is 12.0 Å². The summed E-state index contributed by atoms with van der Waals surface area (Å²) in [6.07, 6.45) is 2.37. The zero-order valence-corrected chi connectivity index (χ0v) is 11.2. The minimum atomic E-state index is -0.317. The molecule has 1 atom stereocenters. The van der Waals surface area contributed by atoms with Crippen LogP contribution in [0.4, 0.5) is 0 Å². The van der Waals surface area contributed by atoms with E-state index in [1.165, 1.54) is 4.85 Å². The molecule has 1 fully saturated rings. The number of nitrogens with zero attached hydrogens (tertiary/aromatic N) is 2. The highest BCUT2D eigenvalue weighted by atomic mass is 16.5. The summed E-state index contributed by atoms with van der Waals surface area (Å²) in [6.45, 7) is 1.77. The molecule has 2 heterocycles. The van der Waals surface area contributed by atoms with Crippen LogP contribution in [0.3, 0.4) is 0 Å². The number of carbonyl (C=O) groups excluding carboxylic acids is 2. The molecule has 1 aliphatic rings. The minimum absolute atomic E-state index is 0.210. The molecule has 20 heavy (non-hydrogen) atoms. The van der Waals surface area contributed by atoms with Crippen LogP contribution in [0.2, 0.25) is 0 Å². The van der Waals surface area contributed by atoms with Crippen LogP contribution in [0.15, 0.2) is 47.1 Å². The lowest BCUT2D eigenvalue weighted by molar-refractivity contribution is -0.845. The molecule has 0 aliphatic carbocycles. The Morgan fingerprint density at radius 2 is 2.00 bits per heavy atom. The monoisotopic (exact) mass is 271 g/mol. The van der Waals surface area contributed by atoms with E-state index in [9.17, 15) is 9.59 Å². The topological polar surface area (TPSA) is 54.4 Å². The van der Waals surface area contributed by atoms with E-state index in [2.05, 4.69) is 0 Å². The van der Waals surface area contributed by atoms with Crippen molar-refractivity contribution < 1.29 is 19.0 Å². The fourth-order valence-corrected chi connectivity index (χ4v) is 2.43. The average molecular weight is 271 g/mol. The van der Waals surface area contributed by atoms with Crippen LogP contribution in [0.1, 0.15) is 17.7 Å². The number of rotatable bonds is 3. The van der Waals surface area contributed by atoms with Crippen molar-refractivity contribution in [3.63, 3.8) is 0 Å². The predicted molar refractivity (Wildman–Crippen MR) is 70.1 cm³/mol. The molecule has 2 aromatic rings. The maximum atomic E-state index is 12.4. The molecule has 102 valence electrons. The fraction of sp³-hybridized carbons (Fsp3) is 0.267. The van der Waals surface area contributed by atoms with E-state index in [-0.39, 0.29) is 24.2 Å². The fourth-order valence-electron chi connectivity index (χ4n) is 2.43. The van der Waals surface area contributed by atoms with Crippen LogP contribution in [0.5, 0.6) is 0 Å². The van der Waals surface area contributed by atoms with Crippen molar-refractivity contribution >= 4 is 11.8 Å². The van der Waals surface area contributed by atoms with Gasteiger partial charge in [-0.3, -0.25) is 9.59 Å². The first-order valence-corrected chi connectivity index (χ1v) is 6.55. The van der Waals surface area contributed by atoms with E-state index in [1.54, 1.807) is 19.2 Å². The summed E-state index contributed by atoms with van der Waals surface area (Å²) in [5.74, 6) is -0.103. The van der Waals surface area contributed by atoms with Gasteiger partial charge in [0.25, 0.3) is 18.0 Å². The van der Waals surface area contributed by atoms with Gasteiger partial charge in [-0.15, -0.1) is 0 Å². The second-order valence-electron chi connectivity index (χ2n) is 4.95. The summed E-state index contributed by atoms with van der Waals surface area (Å²) in [5, 5.41) is 1.08. The Morgan fingerprint density at radius 3 is 2.65 bits per heavy atom. The van der Waals surface area contributed by atoms with E-state index >= 15 is 0 Å². The summed E-state index contributed by atoms with van der Waals surface area (Å²) in [4.78, 5) is 25.6. The first-order chi connectivity index (χ1) is 9.65. The first kappa shape index (κ1) is 12.6. The normalized spacial score (nSPS) is 18.9. The van der Waals surface area contributed by atoms with Crippen LogP contribution < -0.4 is 9.86 Å². The number of aryl methyl sites for hydroxylation is 1. The molecule has 0 saturated carbocycles. The van der Waals surface area contributed by atoms with E-state index in [0.29, 0.717) is 12.2 Å². The van der Waals surface area contributed by atoms with Crippen molar-refractivity contribution in [3.05, 3.63) is 53.9 Å². The lowest BCUT2D eigenvalue weighted by Crippen LogP contribution is -2.60. The molecule has 3 rings (SSSR count). The zero-order chi connectivity index (χ0) is 14.1. The summed E-state index contributed by atoms with van der Waals surface area (Å²) in [5.41, 5.74) is 1.06. The molecule has 0 N–H and O–H groups in total. The Labute approximate surface area is 116 Å². The van der Waals surface area contributed by atoms with Crippen LogP contribution in [-0.2, 0) is 16.0 Å². The van der Waals surface area contributed by atoms with E-state index in [0.717, 1.165) is 10.6 Å². The van der Waals surface area contributed by atoms with Crippen molar-refractivity contribution in [3.8, 4) is 0 Å². The molecule has 0 spiro atoms. The molecule has 1 aromatic carbocycles. The molecule has 0 bridgehead atoms. The van der Waals surface area contributed by atoms with Crippen molar-refractivity contribution in [1.82, 2.24) is 0 Å². The van der Waals surface area contributed by atoms with E-state index < -0.39 is 0 Å². The Balaban J connectivity index is 1.80. The van der Waals surface area contributed by atoms with Gasteiger partial charge in [0.15, 0.2) is 5.76 Å². The smallest absolute Gasteiger partial charge is 0.268 e. The number of imide groups is 1. The number of benzene rings is 1. The maximum absolute atomic E-state index is 12.4. The summed E-state index contributed by atoms with van der Waals surface area (Å²) < 4.78 is 5.31. The van der Waals surface area contributed by atoms with E-state index in [1.807, 2.05) is 30.3 Å². The van der Waals surface area contributed by atoms with Gasteiger partial charge in [-0.2, -0.15) is 0 Å². The lowest BCUT2D eigenvalue weighted by Gasteiger charge is -2.06. The van der Waals surface area contributed by atoms with Crippen molar-refractivity contribution in [2.24, 2.45) is 5.92 Å². The summed E-state index contributed by atoms with van der Waals surface area (Å²) >= 11 is 0.